The molecule has 9 heteroatoms. The van der Waals surface area contributed by atoms with Crippen molar-refractivity contribution >= 4 is 17.5 Å². The Balaban J connectivity index is 3.24. The maximum absolute atomic E-state index is 11.3. The molecular weight excluding hydrogens is 278 g/mol. The number of ether oxygens (including phenoxy) is 2. The fraction of sp³-hybridized carbons (Fsp3) is 0.667. The number of nitro groups is 1. The van der Waals surface area contributed by atoms with E-state index in [1.165, 1.54) is 0 Å². The van der Waals surface area contributed by atoms with E-state index in [1.807, 2.05) is 0 Å². The van der Waals surface area contributed by atoms with E-state index < -0.39 is 4.92 Å². The van der Waals surface area contributed by atoms with Crippen LogP contribution < -0.4 is 10.2 Å². The van der Waals surface area contributed by atoms with Gasteiger partial charge in [0, 0.05) is 34.4 Å². The van der Waals surface area contributed by atoms with Crippen LogP contribution in [0.1, 0.15) is 5.69 Å². The van der Waals surface area contributed by atoms with Gasteiger partial charge in [0.25, 0.3) is 0 Å². The molecule has 0 bridgehead atoms. The minimum Gasteiger partial charge on any atom is -0.383 e. The lowest BCUT2D eigenvalue weighted by atomic mass is 10.3. The smallest absolute Gasteiger partial charge is 0.332 e. The quantitative estimate of drug-likeness (QED) is 0.528. The molecule has 0 amide bonds. The Morgan fingerprint density at radius 1 is 1.24 bits per heavy atom. The molecule has 118 valence electrons. The van der Waals surface area contributed by atoms with Crippen LogP contribution in [0.4, 0.5) is 17.5 Å². The Morgan fingerprint density at radius 3 is 2.24 bits per heavy atom. The van der Waals surface area contributed by atoms with Crippen LogP contribution in [0.15, 0.2) is 0 Å². The summed E-state index contributed by atoms with van der Waals surface area (Å²) in [6.45, 7) is 3.40. The summed E-state index contributed by atoms with van der Waals surface area (Å²) >= 11 is 0. The lowest BCUT2D eigenvalue weighted by Crippen LogP contribution is -2.32. The van der Waals surface area contributed by atoms with E-state index in [2.05, 4.69) is 15.3 Å². The van der Waals surface area contributed by atoms with E-state index in [0.717, 1.165) is 0 Å². The van der Waals surface area contributed by atoms with Crippen LogP contribution >= 0.6 is 0 Å². The molecule has 0 saturated heterocycles. The molecule has 1 aromatic heterocycles. The first-order chi connectivity index (χ1) is 10.0. The molecule has 1 N–H and O–H groups in total. The summed E-state index contributed by atoms with van der Waals surface area (Å²) in [5, 5.41) is 14.1. The van der Waals surface area contributed by atoms with Crippen molar-refractivity contribution in [3.05, 3.63) is 15.8 Å². The third kappa shape index (κ3) is 4.50. The summed E-state index contributed by atoms with van der Waals surface area (Å²) in [5.41, 5.74) is 0.218. The van der Waals surface area contributed by atoms with E-state index in [-0.39, 0.29) is 11.5 Å². The lowest BCUT2D eigenvalue weighted by Gasteiger charge is -2.23. The summed E-state index contributed by atoms with van der Waals surface area (Å²) in [6, 6.07) is 0. The molecule has 1 rings (SSSR count). The summed E-state index contributed by atoms with van der Waals surface area (Å²) < 4.78 is 10.1. The maximum atomic E-state index is 11.3. The molecule has 0 aliphatic rings. The highest BCUT2D eigenvalue weighted by Gasteiger charge is 2.26. The number of hydrogen-bond acceptors (Lipinski definition) is 8. The zero-order valence-electron chi connectivity index (χ0n) is 12.8. The maximum Gasteiger partial charge on any atom is 0.332 e. The van der Waals surface area contributed by atoms with Gasteiger partial charge in [-0.15, -0.1) is 0 Å². The van der Waals surface area contributed by atoms with Crippen molar-refractivity contribution in [1.82, 2.24) is 9.97 Å². The van der Waals surface area contributed by atoms with Crippen molar-refractivity contribution in [3.8, 4) is 0 Å². The predicted octanol–water partition coefficient (Wildman–Crippen LogP) is 0.834. The molecule has 21 heavy (non-hydrogen) atoms. The zero-order valence-corrected chi connectivity index (χ0v) is 12.8. The number of hydrogen-bond donors (Lipinski definition) is 1. The first kappa shape index (κ1) is 17.1. The third-order valence-electron chi connectivity index (χ3n) is 2.88. The molecule has 9 nitrogen and oxygen atoms in total. The van der Waals surface area contributed by atoms with Crippen molar-refractivity contribution in [2.75, 3.05) is 57.8 Å². The molecule has 0 fully saturated rings. The summed E-state index contributed by atoms with van der Waals surface area (Å²) in [6.07, 6.45) is 0. The normalized spacial score (nSPS) is 10.5. The van der Waals surface area contributed by atoms with Gasteiger partial charge < -0.3 is 19.7 Å². The van der Waals surface area contributed by atoms with Crippen LogP contribution in [0.5, 0.6) is 0 Å². The summed E-state index contributed by atoms with van der Waals surface area (Å²) in [4.78, 5) is 20.9. The number of aromatic nitrogens is 2. The highest BCUT2D eigenvalue weighted by Crippen LogP contribution is 2.29. The molecular formula is C12H21N5O4. The monoisotopic (exact) mass is 299 g/mol. The van der Waals surface area contributed by atoms with Gasteiger partial charge in [0.2, 0.25) is 11.8 Å². The van der Waals surface area contributed by atoms with Crippen molar-refractivity contribution < 1.29 is 14.4 Å². The average Bonchev–Trinajstić information content (AvgIpc) is 2.46. The number of methoxy groups -OCH3 is 2. The van der Waals surface area contributed by atoms with E-state index in [1.54, 1.807) is 33.1 Å². The summed E-state index contributed by atoms with van der Waals surface area (Å²) in [5.74, 6) is 0.610. The third-order valence-corrected chi connectivity index (χ3v) is 2.88. The molecule has 0 aromatic carbocycles. The van der Waals surface area contributed by atoms with Gasteiger partial charge in [-0.3, -0.25) is 10.1 Å². The second kappa shape index (κ2) is 8.32. The van der Waals surface area contributed by atoms with Gasteiger partial charge in [0.1, 0.15) is 5.69 Å². The van der Waals surface area contributed by atoms with Gasteiger partial charge in [-0.25, -0.2) is 4.98 Å². The molecule has 0 radical (unpaired) electrons. The Hall–Kier alpha value is -2.00. The van der Waals surface area contributed by atoms with Crippen LogP contribution in [0.2, 0.25) is 0 Å². The number of nitrogens with zero attached hydrogens (tertiary/aromatic N) is 4. The van der Waals surface area contributed by atoms with Gasteiger partial charge in [-0.05, 0) is 6.92 Å². The molecule has 1 heterocycles. The largest absolute Gasteiger partial charge is 0.383 e. The highest BCUT2D eigenvalue weighted by molar-refractivity contribution is 5.62. The molecule has 0 atom stereocenters. The number of aryl methyl sites for hydroxylation is 1. The van der Waals surface area contributed by atoms with Crippen LogP contribution in [0, 0.1) is 17.0 Å². The van der Waals surface area contributed by atoms with E-state index in [9.17, 15) is 10.1 Å². The lowest BCUT2D eigenvalue weighted by molar-refractivity contribution is -0.385. The minimum atomic E-state index is -0.462. The molecule has 0 aliphatic heterocycles. The SMILES string of the molecule is CNc1nc(C)c([N+](=O)[O-])c(N(CCOC)CCOC)n1. The Morgan fingerprint density at radius 2 is 1.81 bits per heavy atom. The second-order valence-corrected chi connectivity index (χ2v) is 4.28. The molecule has 0 aliphatic carbocycles. The van der Waals surface area contributed by atoms with Crippen molar-refractivity contribution in [1.29, 1.82) is 0 Å². The Kier molecular flexibility index (Phi) is 6.76. The first-order valence-electron chi connectivity index (χ1n) is 6.48. The Bertz CT molecular complexity index is 475. The van der Waals surface area contributed by atoms with Crippen LogP contribution in [-0.2, 0) is 9.47 Å². The van der Waals surface area contributed by atoms with Gasteiger partial charge in [-0.2, -0.15) is 4.98 Å². The van der Waals surface area contributed by atoms with Crippen LogP contribution in [0.25, 0.3) is 0 Å². The molecule has 0 spiro atoms. The highest BCUT2D eigenvalue weighted by atomic mass is 16.6. The first-order valence-corrected chi connectivity index (χ1v) is 6.48. The van der Waals surface area contributed by atoms with E-state index >= 15 is 0 Å². The van der Waals surface area contributed by atoms with Crippen molar-refractivity contribution in [2.24, 2.45) is 0 Å². The second-order valence-electron chi connectivity index (χ2n) is 4.28. The predicted molar refractivity (Wildman–Crippen MR) is 78.9 cm³/mol. The number of anilines is 2. The molecule has 0 saturated carbocycles. The van der Waals surface area contributed by atoms with Crippen LogP contribution in [0.3, 0.4) is 0 Å². The van der Waals surface area contributed by atoms with E-state index in [4.69, 9.17) is 9.47 Å². The van der Waals surface area contributed by atoms with E-state index in [0.29, 0.717) is 37.9 Å². The average molecular weight is 299 g/mol. The Labute approximate surface area is 123 Å². The zero-order chi connectivity index (χ0) is 15.8. The van der Waals surface area contributed by atoms with Crippen LogP contribution in [-0.4, -0.2) is 62.5 Å². The fourth-order valence-electron chi connectivity index (χ4n) is 1.82. The van der Waals surface area contributed by atoms with Gasteiger partial charge in [0.05, 0.1) is 18.1 Å². The molecule has 0 unspecified atom stereocenters. The fourth-order valence-corrected chi connectivity index (χ4v) is 1.82. The minimum absolute atomic E-state index is 0.0961. The van der Waals surface area contributed by atoms with Gasteiger partial charge in [-0.1, -0.05) is 0 Å². The van der Waals surface area contributed by atoms with Gasteiger partial charge in [0.15, 0.2) is 0 Å². The number of rotatable bonds is 9. The van der Waals surface area contributed by atoms with Crippen molar-refractivity contribution in [3.63, 3.8) is 0 Å². The van der Waals surface area contributed by atoms with Crippen molar-refractivity contribution in [2.45, 2.75) is 6.92 Å². The van der Waals surface area contributed by atoms with Gasteiger partial charge >= 0.3 is 5.69 Å². The topological polar surface area (TPSA) is 103 Å². The summed E-state index contributed by atoms with van der Waals surface area (Å²) in [7, 11) is 4.82. The number of nitrogens with one attached hydrogen (secondary N) is 1. The molecule has 1 aromatic rings. The standard InChI is InChI=1S/C12H21N5O4/c1-9-10(17(18)19)11(15-12(13-2)14-9)16(5-7-20-3)6-8-21-4/h5-8H2,1-4H3,(H,13,14,15).